The molecule has 1 fully saturated rings. The number of fused-ring (bicyclic) bond motifs is 2. The molecule has 5 rings (SSSR count). The lowest BCUT2D eigenvalue weighted by Gasteiger charge is -2.36. The molecule has 0 spiro atoms. The van der Waals surface area contributed by atoms with E-state index in [1.54, 1.807) is 17.7 Å². The lowest BCUT2D eigenvalue weighted by molar-refractivity contribution is -0.0174. The van der Waals surface area contributed by atoms with Gasteiger partial charge >= 0.3 is 0 Å². The maximum absolute atomic E-state index is 6.30. The number of piperazine rings is 1. The third-order valence-corrected chi connectivity index (χ3v) is 6.10. The van der Waals surface area contributed by atoms with Crippen molar-refractivity contribution in [3.8, 4) is 5.75 Å². The van der Waals surface area contributed by atoms with Gasteiger partial charge in [-0.1, -0.05) is 11.6 Å². The zero-order valence-electron chi connectivity index (χ0n) is 14.7. The molecule has 0 bridgehead atoms. The van der Waals surface area contributed by atoms with Gasteiger partial charge in [0.25, 0.3) is 0 Å². The number of nitrogens with zero attached hydrogens (tertiary/aromatic N) is 4. The van der Waals surface area contributed by atoms with Crippen molar-refractivity contribution in [2.45, 2.75) is 13.2 Å². The van der Waals surface area contributed by atoms with Crippen LogP contribution in [0, 0.1) is 0 Å². The Morgan fingerprint density at radius 1 is 1.15 bits per heavy atom. The molecule has 2 aliphatic rings. The first-order valence-electron chi connectivity index (χ1n) is 8.95. The highest BCUT2D eigenvalue weighted by molar-refractivity contribution is 7.16. The average Bonchev–Trinajstić information content (AvgIpc) is 3.17. The Morgan fingerprint density at radius 3 is 2.93 bits per heavy atom. The van der Waals surface area contributed by atoms with Gasteiger partial charge in [-0.3, -0.25) is 4.90 Å². The van der Waals surface area contributed by atoms with Crippen LogP contribution in [0.5, 0.6) is 5.75 Å². The van der Waals surface area contributed by atoms with Crippen LogP contribution < -0.4 is 9.64 Å². The minimum atomic E-state index is 0.305. The smallest absolute Gasteiger partial charge is 0.189 e. The number of aromatic nitrogens is 2. The first-order valence-corrected chi connectivity index (χ1v) is 10.2. The summed E-state index contributed by atoms with van der Waals surface area (Å²) in [7, 11) is 0. The normalized spacial score (nSPS) is 17.7. The highest BCUT2D eigenvalue weighted by Gasteiger charge is 2.23. The third kappa shape index (κ3) is 3.36. The number of thiophene rings is 1. The third-order valence-electron chi connectivity index (χ3n) is 5.06. The molecule has 0 amide bonds. The van der Waals surface area contributed by atoms with Gasteiger partial charge in [-0.05, 0) is 23.6 Å². The van der Waals surface area contributed by atoms with Crippen LogP contribution in [-0.4, -0.2) is 47.8 Å². The molecule has 8 heteroatoms. The zero-order valence-corrected chi connectivity index (χ0v) is 16.3. The van der Waals surface area contributed by atoms with Crippen molar-refractivity contribution in [3.63, 3.8) is 0 Å². The zero-order chi connectivity index (χ0) is 18.2. The fourth-order valence-corrected chi connectivity index (χ4v) is 4.75. The summed E-state index contributed by atoms with van der Waals surface area (Å²) in [6.07, 6.45) is 1.66. The Kier molecular flexibility index (Phi) is 4.61. The Balaban J connectivity index is 1.30. The first kappa shape index (κ1) is 17.2. The molecule has 4 heterocycles. The van der Waals surface area contributed by atoms with Gasteiger partial charge in [0.15, 0.2) is 6.79 Å². The Morgan fingerprint density at radius 2 is 2.04 bits per heavy atom. The van der Waals surface area contributed by atoms with E-state index in [0.717, 1.165) is 70.7 Å². The Bertz CT molecular complexity index is 971. The summed E-state index contributed by atoms with van der Waals surface area (Å²) < 4.78 is 11.1. The maximum atomic E-state index is 6.30. The number of rotatable bonds is 3. The second kappa shape index (κ2) is 7.24. The van der Waals surface area contributed by atoms with Gasteiger partial charge in [0.1, 0.15) is 22.7 Å². The van der Waals surface area contributed by atoms with Gasteiger partial charge in [-0.25, -0.2) is 9.97 Å². The fourth-order valence-electron chi connectivity index (χ4n) is 3.76. The highest BCUT2D eigenvalue weighted by Crippen LogP contribution is 2.33. The van der Waals surface area contributed by atoms with Crippen LogP contribution in [0.3, 0.4) is 0 Å². The SMILES string of the molecule is Clc1cc2c(c(CN3CCN(c4ncnc5sccc45)CC3)c1)OCOC2. The molecule has 140 valence electrons. The predicted molar refractivity (Wildman–Crippen MR) is 107 cm³/mol. The van der Waals surface area contributed by atoms with Crippen molar-refractivity contribution >= 4 is 39.0 Å². The van der Waals surface area contributed by atoms with Gasteiger partial charge in [0.05, 0.1) is 12.0 Å². The average molecular weight is 403 g/mol. The molecular weight excluding hydrogens is 384 g/mol. The van der Waals surface area contributed by atoms with Crippen molar-refractivity contribution in [1.29, 1.82) is 0 Å². The minimum Gasteiger partial charge on any atom is -0.467 e. The molecular formula is C19H19ClN4O2S. The van der Waals surface area contributed by atoms with Gasteiger partial charge in [0.2, 0.25) is 0 Å². The van der Waals surface area contributed by atoms with Crippen LogP contribution in [0.2, 0.25) is 5.02 Å². The standard InChI is InChI=1S/C19H19ClN4O2S/c20-15-7-13(17-14(8-15)10-25-12-26-17)9-23-2-4-24(5-3-23)18-16-1-6-27-19(16)22-11-21-18/h1,6-8,11H,2-5,9-10,12H2. The fraction of sp³-hybridized carbons (Fsp3) is 0.368. The molecule has 27 heavy (non-hydrogen) atoms. The summed E-state index contributed by atoms with van der Waals surface area (Å²) in [6.45, 7) is 5.50. The lowest BCUT2D eigenvalue weighted by Crippen LogP contribution is -2.46. The van der Waals surface area contributed by atoms with Crippen LogP contribution in [0.25, 0.3) is 10.2 Å². The number of benzene rings is 1. The Hall–Kier alpha value is -1.93. The monoisotopic (exact) mass is 402 g/mol. The molecule has 0 unspecified atom stereocenters. The van der Waals surface area contributed by atoms with Gasteiger partial charge in [-0.2, -0.15) is 0 Å². The molecule has 0 aliphatic carbocycles. The number of hydrogen-bond acceptors (Lipinski definition) is 7. The van der Waals surface area contributed by atoms with E-state index in [-0.39, 0.29) is 0 Å². The van der Waals surface area contributed by atoms with Gasteiger partial charge < -0.3 is 14.4 Å². The molecule has 0 radical (unpaired) electrons. The topological polar surface area (TPSA) is 50.7 Å². The molecule has 2 aliphatic heterocycles. The number of ether oxygens (including phenoxy) is 2. The van der Waals surface area contributed by atoms with Crippen LogP contribution >= 0.6 is 22.9 Å². The molecule has 0 saturated carbocycles. The van der Waals surface area contributed by atoms with Crippen LogP contribution in [0.1, 0.15) is 11.1 Å². The molecule has 1 aromatic carbocycles. The molecule has 1 saturated heterocycles. The largest absolute Gasteiger partial charge is 0.467 e. The van der Waals surface area contributed by atoms with E-state index >= 15 is 0 Å². The van der Waals surface area contributed by atoms with Crippen molar-refractivity contribution in [1.82, 2.24) is 14.9 Å². The van der Waals surface area contributed by atoms with Gasteiger partial charge in [0, 0.05) is 48.9 Å². The molecule has 0 atom stereocenters. The molecule has 3 aromatic rings. The molecule has 0 N–H and O–H groups in total. The second-order valence-corrected chi connectivity index (χ2v) is 8.09. The molecule has 2 aromatic heterocycles. The van der Waals surface area contributed by atoms with E-state index < -0.39 is 0 Å². The summed E-state index contributed by atoms with van der Waals surface area (Å²) in [5.74, 6) is 1.98. The Labute approximate surface area is 166 Å². The molecule has 6 nitrogen and oxygen atoms in total. The van der Waals surface area contributed by atoms with E-state index in [2.05, 4.69) is 31.2 Å². The second-order valence-electron chi connectivity index (χ2n) is 6.76. The highest BCUT2D eigenvalue weighted by atomic mass is 35.5. The van der Waals surface area contributed by atoms with E-state index in [1.165, 1.54) is 0 Å². The maximum Gasteiger partial charge on any atom is 0.189 e. The van der Waals surface area contributed by atoms with E-state index in [4.69, 9.17) is 21.1 Å². The van der Waals surface area contributed by atoms with Crippen LogP contribution in [0.15, 0.2) is 29.9 Å². The van der Waals surface area contributed by atoms with E-state index in [1.807, 2.05) is 12.1 Å². The van der Waals surface area contributed by atoms with Crippen molar-refractivity contribution in [3.05, 3.63) is 46.1 Å². The number of anilines is 1. The number of hydrogen-bond donors (Lipinski definition) is 0. The summed E-state index contributed by atoms with van der Waals surface area (Å²) in [4.78, 5) is 14.7. The predicted octanol–water partition coefficient (Wildman–Crippen LogP) is 3.53. The van der Waals surface area contributed by atoms with E-state index in [9.17, 15) is 0 Å². The van der Waals surface area contributed by atoms with Gasteiger partial charge in [-0.15, -0.1) is 11.3 Å². The van der Waals surface area contributed by atoms with Crippen molar-refractivity contribution < 1.29 is 9.47 Å². The number of halogens is 1. The van der Waals surface area contributed by atoms with Crippen molar-refractivity contribution in [2.24, 2.45) is 0 Å². The van der Waals surface area contributed by atoms with Crippen LogP contribution in [-0.2, 0) is 17.9 Å². The first-order chi connectivity index (χ1) is 13.3. The van der Waals surface area contributed by atoms with Crippen LogP contribution in [0.4, 0.5) is 5.82 Å². The summed E-state index contributed by atoms with van der Waals surface area (Å²) in [5, 5.41) is 3.95. The minimum absolute atomic E-state index is 0.305. The quantitative estimate of drug-likeness (QED) is 0.668. The lowest BCUT2D eigenvalue weighted by atomic mass is 10.1. The van der Waals surface area contributed by atoms with E-state index in [0.29, 0.717) is 13.4 Å². The summed E-state index contributed by atoms with van der Waals surface area (Å²) in [5.41, 5.74) is 2.17. The summed E-state index contributed by atoms with van der Waals surface area (Å²) >= 11 is 7.95. The van der Waals surface area contributed by atoms with Crippen molar-refractivity contribution in [2.75, 3.05) is 37.9 Å². The summed E-state index contributed by atoms with van der Waals surface area (Å²) in [6, 6.07) is 6.05.